The normalized spacial score (nSPS) is 34.5. The molecule has 2 saturated heterocycles. The molecule has 0 radical (unpaired) electrons. The Morgan fingerprint density at radius 3 is 3.00 bits per heavy atom. The van der Waals surface area contributed by atoms with E-state index in [4.69, 9.17) is 4.74 Å². The third kappa shape index (κ3) is 1.46. The number of Topliss-reactive ketones (excluding diaryl/α,β-unsaturated/α-hetero) is 1. The second-order valence-corrected chi connectivity index (χ2v) is 7.00. The molecular formula is C18H18N2O3. The maximum Gasteiger partial charge on any atom is 0.319 e. The van der Waals surface area contributed by atoms with Crippen LogP contribution in [0.2, 0.25) is 0 Å². The lowest BCUT2D eigenvalue weighted by Crippen LogP contribution is -2.69. The topological polar surface area (TPSA) is 62.4 Å². The maximum absolute atomic E-state index is 12.9. The second kappa shape index (κ2) is 4.23. The van der Waals surface area contributed by atoms with Crippen LogP contribution in [0.3, 0.4) is 0 Å². The predicted octanol–water partition coefficient (Wildman–Crippen LogP) is 1.76. The van der Waals surface area contributed by atoms with Crippen LogP contribution in [0, 0.1) is 5.92 Å². The fraction of sp³-hybridized carbons (Fsp3) is 0.444. The monoisotopic (exact) mass is 310 g/mol. The largest absolute Gasteiger partial charge is 0.468 e. The van der Waals surface area contributed by atoms with Gasteiger partial charge in [0, 0.05) is 48.1 Å². The average Bonchev–Trinajstić information content (AvgIpc) is 2.93. The van der Waals surface area contributed by atoms with Crippen LogP contribution in [0.4, 0.5) is 0 Å². The zero-order valence-electron chi connectivity index (χ0n) is 13.0. The number of carbonyl (C=O) groups is 2. The smallest absolute Gasteiger partial charge is 0.319 e. The van der Waals surface area contributed by atoms with Crippen molar-refractivity contribution >= 4 is 22.7 Å². The first-order valence-electron chi connectivity index (χ1n) is 8.10. The highest BCUT2D eigenvalue weighted by Gasteiger charge is 2.63. The molecule has 0 spiro atoms. The summed E-state index contributed by atoms with van der Waals surface area (Å²) in [6.07, 6.45) is 1.02. The Bertz CT molecular complexity index is 855. The van der Waals surface area contributed by atoms with Gasteiger partial charge in [0.05, 0.1) is 7.11 Å². The number of fused-ring (bicyclic) bond motifs is 4. The van der Waals surface area contributed by atoms with Gasteiger partial charge in [-0.05, 0) is 18.1 Å². The van der Waals surface area contributed by atoms with Crippen molar-refractivity contribution in [3.63, 3.8) is 0 Å². The summed E-state index contributed by atoms with van der Waals surface area (Å²) in [7, 11) is 1.45. The van der Waals surface area contributed by atoms with E-state index in [1.165, 1.54) is 18.1 Å². The van der Waals surface area contributed by atoms with Crippen molar-refractivity contribution in [2.45, 2.75) is 30.8 Å². The van der Waals surface area contributed by atoms with Crippen LogP contribution >= 0.6 is 0 Å². The van der Waals surface area contributed by atoms with E-state index in [1.807, 2.05) is 18.2 Å². The van der Waals surface area contributed by atoms with Crippen molar-refractivity contribution in [3.8, 4) is 0 Å². The molecule has 1 N–H and O–H groups in total. The number of para-hydroxylation sites is 1. The van der Waals surface area contributed by atoms with Crippen LogP contribution in [0.5, 0.6) is 0 Å². The van der Waals surface area contributed by atoms with E-state index in [9.17, 15) is 9.59 Å². The summed E-state index contributed by atoms with van der Waals surface area (Å²) in [6.45, 7) is 1.56. The number of esters is 1. The van der Waals surface area contributed by atoms with Crippen molar-refractivity contribution in [2.75, 3.05) is 13.7 Å². The first-order chi connectivity index (χ1) is 11.1. The van der Waals surface area contributed by atoms with Crippen LogP contribution in [0.1, 0.15) is 24.1 Å². The fourth-order valence-electron chi connectivity index (χ4n) is 5.08. The van der Waals surface area contributed by atoms with E-state index in [0.717, 1.165) is 24.3 Å². The molecule has 6 rings (SSSR count). The minimum atomic E-state index is -0.724. The van der Waals surface area contributed by atoms with Gasteiger partial charge in [0.1, 0.15) is 11.2 Å². The lowest BCUT2D eigenvalue weighted by molar-refractivity contribution is -0.164. The third-order valence-electron chi connectivity index (χ3n) is 6.05. The van der Waals surface area contributed by atoms with Crippen LogP contribution in [0.15, 0.2) is 24.3 Å². The SMILES string of the molecule is COC(=O)[C@@]12CC3CN(Cc4c1[nH]c1ccccc41)C2CC3=O. The Morgan fingerprint density at radius 2 is 2.22 bits per heavy atom. The molecule has 1 saturated carbocycles. The number of aromatic amines is 1. The Hall–Kier alpha value is -2.14. The highest BCUT2D eigenvalue weighted by Crippen LogP contribution is 2.53. The number of nitrogens with zero attached hydrogens (tertiary/aromatic N) is 1. The summed E-state index contributed by atoms with van der Waals surface area (Å²) >= 11 is 0. The second-order valence-electron chi connectivity index (χ2n) is 7.00. The molecule has 23 heavy (non-hydrogen) atoms. The number of hydrogen-bond donors (Lipinski definition) is 1. The number of rotatable bonds is 1. The van der Waals surface area contributed by atoms with E-state index in [0.29, 0.717) is 18.6 Å². The molecule has 2 aromatic rings. The molecule has 5 nitrogen and oxygen atoms in total. The zero-order valence-corrected chi connectivity index (χ0v) is 13.0. The van der Waals surface area contributed by atoms with E-state index in [1.54, 1.807) is 0 Å². The lowest BCUT2D eigenvalue weighted by atomic mass is 9.58. The van der Waals surface area contributed by atoms with Crippen molar-refractivity contribution in [3.05, 3.63) is 35.5 Å². The van der Waals surface area contributed by atoms with Crippen molar-refractivity contribution in [1.29, 1.82) is 0 Å². The number of aromatic nitrogens is 1. The number of benzene rings is 1. The average molecular weight is 310 g/mol. The van der Waals surface area contributed by atoms with Crippen LogP contribution in [-0.4, -0.2) is 41.3 Å². The Morgan fingerprint density at radius 1 is 1.39 bits per heavy atom. The number of methoxy groups -OCH3 is 1. The maximum atomic E-state index is 12.9. The molecule has 4 bridgehead atoms. The van der Waals surface area contributed by atoms with Gasteiger partial charge >= 0.3 is 5.97 Å². The van der Waals surface area contributed by atoms with Gasteiger partial charge in [0.15, 0.2) is 0 Å². The molecule has 3 unspecified atom stereocenters. The van der Waals surface area contributed by atoms with Gasteiger partial charge in [-0.2, -0.15) is 0 Å². The van der Waals surface area contributed by atoms with Crippen LogP contribution in [0.25, 0.3) is 10.9 Å². The number of hydrogen-bond acceptors (Lipinski definition) is 4. The Kier molecular flexibility index (Phi) is 2.45. The lowest BCUT2D eigenvalue weighted by Gasteiger charge is -2.57. The number of nitrogens with one attached hydrogen (secondary N) is 1. The number of piperidine rings is 2. The van der Waals surface area contributed by atoms with E-state index >= 15 is 0 Å². The molecule has 1 aliphatic carbocycles. The molecular weight excluding hydrogens is 292 g/mol. The predicted molar refractivity (Wildman–Crippen MR) is 83.9 cm³/mol. The van der Waals surface area contributed by atoms with Gasteiger partial charge in [0.25, 0.3) is 0 Å². The van der Waals surface area contributed by atoms with Gasteiger partial charge in [-0.3, -0.25) is 14.5 Å². The molecule has 0 amide bonds. The van der Waals surface area contributed by atoms with Gasteiger partial charge < -0.3 is 9.72 Å². The number of H-pyrrole nitrogens is 1. The minimum Gasteiger partial charge on any atom is -0.468 e. The molecule has 1 aromatic heterocycles. The zero-order chi connectivity index (χ0) is 15.8. The highest BCUT2D eigenvalue weighted by atomic mass is 16.5. The molecule has 4 aliphatic rings. The molecule has 4 heterocycles. The summed E-state index contributed by atoms with van der Waals surface area (Å²) in [5.41, 5.74) is 2.49. The Labute approximate surface area is 133 Å². The number of ether oxygens (including phenoxy) is 1. The first-order valence-corrected chi connectivity index (χ1v) is 8.10. The quantitative estimate of drug-likeness (QED) is 0.815. The summed E-state index contributed by atoms with van der Waals surface area (Å²) in [4.78, 5) is 30.9. The molecule has 1 aromatic carbocycles. The van der Waals surface area contributed by atoms with E-state index in [-0.39, 0.29) is 17.9 Å². The third-order valence-corrected chi connectivity index (χ3v) is 6.05. The first kappa shape index (κ1) is 13.3. The van der Waals surface area contributed by atoms with E-state index in [2.05, 4.69) is 16.0 Å². The summed E-state index contributed by atoms with van der Waals surface area (Å²) in [6, 6.07) is 8.09. The summed E-state index contributed by atoms with van der Waals surface area (Å²) < 4.78 is 5.21. The standard InChI is InChI=1S/C18H18N2O3/c1-23-17(22)18-7-10-8-20(15(18)6-14(10)21)9-12-11-4-2-3-5-13(11)19-16(12)18/h2-5,10,15,19H,6-9H2,1H3/t10?,15?,18-/m1/s1. The van der Waals surface area contributed by atoms with E-state index < -0.39 is 5.41 Å². The summed E-state index contributed by atoms with van der Waals surface area (Å²) in [5, 5.41) is 1.17. The molecule has 5 heteroatoms. The summed E-state index contributed by atoms with van der Waals surface area (Å²) in [5.74, 6) is 0.0289. The fourth-order valence-corrected chi connectivity index (χ4v) is 5.08. The molecule has 3 fully saturated rings. The molecule has 3 aliphatic heterocycles. The van der Waals surface area contributed by atoms with Gasteiger partial charge in [-0.1, -0.05) is 18.2 Å². The van der Waals surface area contributed by atoms with Gasteiger partial charge in [-0.15, -0.1) is 0 Å². The van der Waals surface area contributed by atoms with Gasteiger partial charge in [0.2, 0.25) is 0 Å². The number of carbonyl (C=O) groups excluding carboxylic acids is 2. The molecule has 118 valence electrons. The Balaban J connectivity index is 1.81. The highest BCUT2D eigenvalue weighted by molar-refractivity contribution is 5.96. The van der Waals surface area contributed by atoms with Crippen LogP contribution in [-0.2, 0) is 26.3 Å². The molecule has 4 atom stereocenters. The number of ketones is 1. The van der Waals surface area contributed by atoms with Crippen LogP contribution < -0.4 is 0 Å². The van der Waals surface area contributed by atoms with Crippen molar-refractivity contribution in [1.82, 2.24) is 9.88 Å². The minimum absolute atomic E-state index is 0.0568. The van der Waals surface area contributed by atoms with Gasteiger partial charge in [-0.25, -0.2) is 0 Å². The van der Waals surface area contributed by atoms with Crippen molar-refractivity contribution in [2.24, 2.45) is 5.92 Å². The van der Waals surface area contributed by atoms with Crippen molar-refractivity contribution < 1.29 is 14.3 Å².